The molecular weight excluding hydrogens is 296 g/mol. The van der Waals surface area contributed by atoms with Gasteiger partial charge < -0.3 is 4.57 Å². The molecule has 0 unspecified atom stereocenters. The first-order valence-electron chi connectivity index (χ1n) is 9.19. The summed E-state index contributed by atoms with van der Waals surface area (Å²) in [6, 6.07) is 10.8. The monoisotopic (exact) mass is 326 g/mol. The molecule has 2 aromatic rings. The van der Waals surface area contributed by atoms with Crippen molar-refractivity contribution in [3.05, 3.63) is 54.1 Å². The molecule has 1 saturated heterocycles. The number of hydrogen-bond donors (Lipinski definition) is 0. The molecule has 1 aliphatic heterocycles. The second-order valence-electron chi connectivity index (χ2n) is 7.11. The SMILES string of the molecule is CCCn1ccnc1CN(C)C[C@H]1CCN(Cc2ccccc2)C1. The molecule has 0 radical (unpaired) electrons. The minimum absolute atomic E-state index is 0.772. The van der Waals surface area contributed by atoms with E-state index in [2.05, 4.69) is 69.9 Å². The molecule has 4 heteroatoms. The summed E-state index contributed by atoms with van der Waals surface area (Å²) in [5.74, 6) is 1.96. The molecule has 1 aromatic carbocycles. The number of rotatable bonds is 8. The van der Waals surface area contributed by atoms with Crippen molar-refractivity contribution < 1.29 is 0 Å². The van der Waals surface area contributed by atoms with E-state index in [9.17, 15) is 0 Å². The quantitative estimate of drug-likeness (QED) is 0.744. The number of benzene rings is 1. The van der Waals surface area contributed by atoms with Gasteiger partial charge in [-0.25, -0.2) is 4.98 Å². The van der Waals surface area contributed by atoms with Gasteiger partial charge in [-0.1, -0.05) is 37.3 Å². The molecule has 1 aliphatic rings. The summed E-state index contributed by atoms with van der Waals surface area (Å²) in [6.45, 7) is 8.90. The summed E-state index contributed by atoms with van der Waals surface area (Å²) < 4.78 is 2.28. The molecule has 1 atom stereocenters. The summed E-state index contributed by atoms with van der Waals surface area (Å²) in [5.41, 5.74) is 1.42. The largest absolute Gasteiger partial charge is 0.334 e. The second-order valence-corrected chi connectivity index (χ2v) is 7.11. The maximum atomic E-state index is 4.53. The number of aryl methyl sites for hydroxylation is 1. The third kappa shape index (κ3) is 4.68. The van der Waals surface area contributed by atoms with Gasteiger partial charge in [0.1, 0.15) is 5.82 Å². The van der Waals surface area contributed by atoms with Crippen LogP contribution in [0, 0.1) is 5.92 Å². The number of nitrogens with zero attached hydrogens (tertiary/aromatic N) is 4. The molecule has 0 aliphatic carbocycles. The highest BCUT2D eigenvalue weighted by atomic mass is 15.2. The first-order valence-corrected chi connectivity index (χ1v) is 9.19. The highest BCUT2D eigenvalue weighted by molar-refractivity contribution is 5.14. The molecule has 1 aromatic heterocycles. The summed E-state index contributed by atoms with van der Waals surface area (Å²) in [4.78, 5) is 9.56. The lowest BCUT2D eigenvalue weighted by Gasteiger charge is -2.22. The number of imidazole rings is 1. The second kappa shape index (κ2) is 8.45. The van der Waals surface area contributed by atoms with Crippen LogP contribution in [-0.2, 0) is 19.6 Å². The predicted molar refractivity (Wildman–Crippen MR) is 98.7 cm³/mol. The van der Waals surface area contributed by atoms with Crippen LogP contribution in [0.3, 0.4) is 0 Å². The molecule has 0 N–H and O–H groups in total. The van der Waals surface area contributed by atoms with Gasteiger partial charge in [-0.2, -0.15) is 0 Å². The zero-order chi connectivity index (χ0) is 16.8. The Morgan fingerprint density at radius 3 is 2.88 bits per heavy atom. The van der Waals surface area contributed by atoms with Gasteiger partial charge in [-0.3, -0.25) is 9.80 Å². The smallest absolute Gasteiger partial charge is 0.122 e. The normalized spacial score (nSPS) is 18.5. The van der Waals surface area contributed by atoms with E-state index in [0.717, 1.165) is 38.5 Å². The maximum absolute atomic E-state index is 4.53. The minimum Gasteiger partial charge on any atom is -0.334 e. The van der Waals surface area contributed by atoms with Gasteiger partial charge >= 0.3 is 0 Å². The molecule has 0 spiro atoms. The number of likely N-dealkylation sites (tertiary alicyclic amines) is 1. The molecule has 130 valence electrons. The van der Waals surface area contributed by atoms with E-state index in [1.54, 1.807) is 0 Å². The molecule has 24 heavy (non-hydrogen) atoms. The van der Waals surface area contributed by atoms with Crippen LogP contribution in [0.2, 0.25) is 0 Å². The lowest BCUT2D eigenvalue weighted by Crippen LogP contribution is -2.29. The van der Waals surface area contributed by atoms with Crippen molar-refractivity contribution in [2.24, 2.45) is 5.92 Å². The molecule has 0 saturated carbocycles. The van der Waals surface area contributed by atoms with Crippen LogP contribution in [0.1, 0.15) is 31.2 Å². The van der Waals surface area contributed by atoms with Gasteiger partial charge in [-0.05, 0) is 37.9 Å². The highest BCUT2D eigenvalue weighted by Gasteiger charge is 2.23. The summed E-state index contributed by atoms with van der Waals surface area (Å²) in [6.07, 6.45) is 6.49. The first kappa shape index (κ1) is 17.2. The van der Waals surface area contributed by atoms with Crippen LogP contribution in [0.4, 0.5) is 0 Å². The average Bonchev–Trinajstić information content (AvgIpc) is 3.19. The Hall–Kier alpha value is -1.65. The van der Waals surface area contributed by atoms with Crippen molar-refractivity contribution in [2.45, 2.75) is 39.4 Å². The van der Waals surface area contributed by atoms with E-state index >= 15 is 0 Å². The Morgan fingerprint density at radius 1 is 1.25 bits per heavy atom. The fourth-order valence-electron chi connectivity index (χ4n) is 3.73. The molecule has 4 nitrogen and oxygen atoms in total. The number of hydrogen-bond acceptors (Lipinski definition) is 3. The fourth-order valence-corrected chi connectivity index (χ4v) is 3.73. The van der Waals surface area contributed by atoms with Crippen molar-refractivity contribution in [3.8, 4) is 0 Å². The lowest BCUT2D eigenvalue weighted by atomic mass is 10.1. The van der Waals surface area contributed by atoms with E-state index in [0.29, 0.717) is 0 Å². The molecule has 1 fully saturated rings. The zero-order valence-electron chi connectivity index (χ0n) is 15.1. The van der Waals surface area contributed by atoms with Crippen LogP contribution >= 0.6 is 0 Å². The minimum atomic E-state index is 0.772. The van der Waals surface area contributed by atoms with E-state index < -0.39 is 0 Å². The van der Waals surface area contributed by atoms with Crippen molar-refractivity contribution in [2.75, 3.05) is 26.7 Å². The summed E-state index contributed by atoms with van der Waals surface area (Å²) >= 11 is 0. The maximum Gasteiger partial charge on any atom is 0.122 e. The van der Waals surface area contributed by atoms with Crippen molar-refractivity contribution in [1.82, 2.24) is 19.4 Å². The van der Waals surface area contributed by atoms with Gasteiger partial charge in [0.15, 0.2) is 0 Å². The fraction of sp³-hybridized carbons (Fsp3) is 0.550. The van der Waals surface area contributed by atoms with Gasteiger partial charge in [0.05, 0.1) is 6.54 Å². The Bertz CT molecular complexity index is 607. The summed E-state index contributed by atoms with van der Waals surface area (Å²) in [7, 11) is 2.23. The standard InChI is InChI=1S/C20H30N4/c1-3-11-24-13-10-21-20(24)17-22(2)14-19-9-12-23(16-19)15-18-7-5-4-6-8-18/h4-8,10,13,19H,3,9,11-12,14-17H2,1-2H3/t19-/m1/s1. The van der Waals surface area contributed by atoms with Crippen molar-refractivity contribution in [3.63, 3.8) is 0 Å². The van der Waals surface area contributed by atoms with Crippen molar-refractivity contribution >= 4 is 0 Å². The van der Waals surface area contributed by atoms with Gasteiger partial charge in [0, 0.05) is 38.6 Å². The molecule has 0 amide bonds. The van der Waals surface area contributed by atoms with Gasteiger partial charge in [0.25, 0.3) is 0 Å². The number of aromatic nitrogens is 2. The van der Waals surface area contributed by atoms with Crippen LogP contribution in [-0.4, -0.2) is 46.0 Å². The molecule has 2 heterocycles. The van der Waals surface area contributed by atoms with Gasteiger partial charge in [0.2, 0.25) is 0 Å². The average molecular weight is 326 g/mol. The van der Waals surface area contributed by atoms with E-state index in [1.165, 1.54) is 30.9 Å². The Balaban J connectivity index is 1.45. The Kier molecular flexibility index (Phi) is 6.05. The third-order valence-corrected chi connectivity index (χ3v) is 4.87. The Morgan fingerprint density at radius 2 is 2.08 bits per heavy atom. The predicted octanol–water partition coefficient (Wildman–Crippen LogP) is 3.25. The van der Waals surface area contributed by atoms with Crippen molar-refractivity contribution in [1.29, 1.82) is 0 Å². The van der Waals surface area contributed by atoms with Crippen LogP contribution < -0.4 is 0 Å². The lowest BCUT2D eigenvalue weighted by molar-refractivity contribution is 0.248. The topological polar surface area (TPSA) is 24.3 Å². The van der Waals surface area contributed by atoms with Crippen LogP contribution in [0.25, 0.3) is 0 Å². The van der Waals surface area contributed by atoms with Crippen LogP contribution in [0.5, 0.6) is 0 Å². The van der Waals surface area contributed by atoms with Gasteiger partial charge in [-0.15, -0.1) is 0 Å². The third-order valence-electron chi connectivity index (χ3n) is 4.87. The zero-order valence-corrected chi connectivity index (χ0v) is 15.1. The first-order chi connectivity index (χ1) is 11.7. The summed E-state index contributed by atoms with van der Waals surface area (Å²) in [5, 5.41) is 0. The van der Waals surface area contributed by atoms with E-state index in [1.807, 2.05) is 6.20 Å². The van der Waals surface area contributed by atoms with E-state index in [-0.39, 0.29) is 0 Å². The molecule has 3 rings (SSSR count). The van der Waals surface area contributed by atoms with E-state index in [4.69, 9.17) is 0 Å². The molecular formula is C20H30N4. The highest BCUT2D eigenvalue weighted by Crippen LogP contribution is 2.20. The Labute approximate surface area is 146 Å². The molecule has 0 bridgehead atoms. The van der Waals surface area contributed by atoms with Crippen LogP contribution in [0.15, 0.2) is 42.7 Å².